The molecule has 0 atom stereocenters. The summed E-state index contributed by atoms with van der Waals surface area (Å²) in [5.41, 5.74) is 2.59. The standard InChI is InChI=1S/C25H17Br2NO5/c1-14-6-8-15(9-7-14)24(29)32-22-17(10-18(26)13-20(22)27)12-21-25(30)33-23(28-21)16-4-3-5-19(11-16)31-2/h3-13H,1-2H3/b21-12-. The summed E-state index contributed by atoms with van der Waals surface area (Å²) in [4.78, 5) is 29.6. The molecule has 33 heavy (non-hydrogen) atoms. The van der Waals surface area contributed by atoms with E-state index in [-0.39, 0.29) is 17.3 Å². The van der Waals surface area contributed by atoms with Crippen molar-refractivity contribution in [3.05, 3.63) is 97.6 Å². The van der Waals surface area contributed by atoms with Crippen molar-refractivity contribution in [1.82, 2.24) is 0 Å². The van der Waals surface area contributed by atoms with Crippen molar-refractivity contribution in [3.8, 4) is 11.5 Å². The molecule has 0 bridgehead atoms. The topological polar surface area (TPSA) is 74.2 Å². The Labute approximate surface area is 207 Å². The second kappa shape index (κ2) is 9.72. The maximum absolute atomic E-state index is 12.7. The van der Waals surface area contributed by atoms with Crippen LogP contribution in [0.1, 0.15) is 27.0 Å². The van der Waals surface area contributed by atoms with Crippen LogP contribution in [0.4, 0.5) is 0 Å². The second-order valence-corrected chi connectivity index (χ2v) is 8.90. The van der Waals surface area contributed by atoms with Crippen molar-refractivity contribution in [2.24, 2.45) is 4.99 Å². The smallest absolute Gasteiger partial charge is 0.363 e. The Hall–Kier alpha value is -3.23. The molecule has 3 aromatic rings. The van der Waals surface area contributed by atoms with Gasteiger partial charge in [0, 0.05) is 15.6 Å². The number of ether oxygens (including phenoxy) is 3. The lowest BCUT2D eigenvalue weighted by molar-refractivity contribution is -0.129. The molecular weight excluding hydrogens is 554 g/mol. The zero-order valence-electron chi connectivity index (χ0n) is 17.6. The number of aliphatic imine (C=N–C) groups is 1. The van der Waals surface area contributed by atoms with Crippen LogP contribution in [0.2, 0.25) is 0 Å². The van der Waals surface area contributed by atoms with E-state index in [1.807, 2.05) is 19.1 Å². The average Bonchev–Trinajstić information content (AvgIpc) is 3.16. The predicted octanol–water partition coefficient (Wildman–Crippen LogP) is 6.09. The molecule has 4 rings (SSSR count). The minimum Gasteiger partial charge on any atom is -0.497 e. The first-order chi connectivity index (χ1) is 15.8. The SMILES string of the molecule is COc1cccc(C2=N/C(=C\c3cc(Br)cc(Br)c3OC(=O)c3ccc(C)cc3)C(=O)O2)c1. The van der Waals surface area contributed by atoms with Gasteiger partial charge >= 0.3 is 11.9 Å². The average molecular weight is 571 g/mol. The van der Waals surface area contributed by atoms with Crippen LogP contribution in [0.25, 0.3) is 6.08 Å². The van der Waals surface area contributed by atoms with E-state index in [0.29, 0.717) is 26.9 Å². The van der Waals surface area contributed by atoms with Gasteiger partial charge in [0.15, 0.2) is 11.4 Å². The third kappa shape index (κ3) is 5.23. The summed E-state index contributed by atoms with van der Waals surface area (Å²) in [5, 5.41) is 0. The summed E-state index contributed by atoms with van der Waals surface area (Å²) >= 11 is 6.87. The van der Waals surface area contributed by atoms with E-state index >= 15 is 0 Å². The Morgan fingerprint density at radius 3 is 2.55 bits per heavy atom. The van der Waals surface area contributed by atoms with E-state index < -0.39 is 11.9 Å². The van der Waals surface area contributed by atoms with Gasteiger partial charge in [0.2, 0.25) is 5.90 Å². The largest absolute Gasteiger partial charge is 0.497 e. The predicted molar refractivity (Wildman–Crippen MR) is 132 cm³/mol. The Kier molecular flexibility index (Phi) is 6.76. The molecule has 0 saturated heterocycles. The number of carbonyl (C=O) groups excluding carboxylic acids is 2. The summed E-state index contributed by atoms with van der Waals surface area (Å²) < 4.78 is 17.5. The molecular formula is C25H17Br2NO5. The zero-order valence-corrected chi connectivity index (χ0v) is 20.8. The molecule has 166 valence electrons. The summed E-state index contributed by atoms with van der Waals surface area (Å²) in [7, 11) is 1.55. The molecule has 0 aromatic heterocycles. The van der Waals surface area contributed by atoms with Crippen LogP contribution >= 0.6 is 31.9 Å². The van der Waals surface area contributed by atoms with Crippen LogP contribution in [-0.2, 0) is 9.53 Å². The van der Waals surface area contributed by atoms with E-state index in [9.17, 15) is 9.59 Å². The van der Waals surface area contributed by atoms with Gasteiger partial charge < -0.3 is 14.2 Å². The Morgan fingerprint density at radius 2 is 1.82 bits per heavy atom. The first kappa shape index (κ1) is 22.9. The van der Waals surface area contributed by atoms with Crippen molar-refractivity contribution < 1.29 is 23.8 Å². The van der Waals surface area contributed by atoms with Crippen molar-refractivity contribution in [2.75, 3.05) is 7.11 Å². The number of carbonyl (C=O) groups is 2. The van der Waals surface area contributed by atoms with Crippen LogP contribution in [0.5, 0.6) is 11.5 Å². The number of aryl methyl sites for hydroxylation is 1. The van der Waals surface area contributed by atoms with Crippen LogP contribution in [-0.4, -0.2) is 24.9 Å². The molecule has 1 aliphatic rings. The second-order valence-electron chi connectivity index (χ2n) is 7.13. The third-order valence-electron chi connectivity index (χ3n) is 4.75. The van der Waals surface area contributed by atoms with Gasteiger partial charge in [0.05, 0.1) is 17.1 Å². The van der Waals surface area contributed by atoms with Gasteiger partial charge in [-0.05, 0) is 71.4 Å². The molecule has 1 heterocycles. The Bertz CT molecular complexity index is 1310. The molecule has 0 unspecified atom stereocenters. The van der Waals surface area contributed by atoms with E-state index in [2.05, 4.69) is 36.9 Å². The van der Waals surface area contributed by atoms with Gasteiger partial charge in [-0.15, -0.1) is 0 Å². The van der Waals surface area contributed by atoms with Crippen LogP contribution < -0.4 is 9.47 Å². The van der Waals surface area contributed by atoms with Crippen molar-refractivity contribution in [1.29, 1.82) is 0 Å². The lowest BCUT2D eigenvalue weighted by Gasteiger charge is -2.11. The van der Waals surface area contributed by atoms with E-state index in [4.69, 9.17) is 14.2 Å². The number of rotatable bonds is 5. The zero-order chi connectivity index (χ0) is 23.5. The monoisotopic (exact) mass is 569 g/mol. The number of benzene rings is 3. The first-order valence-electron chi connectivity index (χ1n) is 9.79. The fourth-order valence-corrected chi connectivity index (χ4v) is 4.41. The summed E-state index contributed by atoms with van der Waals surface area (Å²) in [5.74, 6) is -0.0941. The quantitative estimate of drug-likeness (QED) is 0.211. The van der Waals surface area contributed by atoms with Gasteiger partial charge in [0.25, 0.3) is 0 Å². The van der Waals surface area contributed by atoms with Crippen LogP contribution in [0.3, 0.4) is 0 Å². The van der Waals surface area contributed by atoms with Crippen molar-refractivity contribution >= 4 is 55.8 Å². The molecule has 0 saturated carbocycles. The molecule has 1 aliphatic heterocycles. The highest BCUT2D eigenvalue weighted by atomic mass is 79.9. The van der Waals surface area contributed by atoms with Crippen LogP contribution in [0, 0.1) is 6.92 Å². The van der Waals surface area contributed by atoms with Crippen molar-refractivity contribution in [2.45, 2.75) is 6.92 Å². The number of nitrogens with zero attached hydrogens (tertiary/aromatic N) is 1. The maximum Gasteiger partial charge on any atom is 0.363 e. The van der Waals surface area contributed by atoms with Crippen molar-refractivity contribution in [3.63, 3.8) is 0 Å². The molecule has 8 heteroatoms. The highest BCUT2D eigenvalue weighted by Crippen LogP contribution is 2.36. The number of esters is 2. The fourth-order valence-electron chi connectivity index (χ4n) is 3.07. The van der Waals surface area contributed by atoms with E-state index in [1.165, 1.54) is 6.08 Å². The van der Waals surface area contributed by atoms with Gasteiger partial charge in [-0.3, -0.25) is 0 Å². The fraction of sp³-hybridized carbons (Fsp3) is 0.0800. The lowest BCUT2D eigenvalue weighted by Crippen LogP contribution is -2.10. The molecule has 0 aliphatic carbocycles. The molecule has 0 spiro atoms. The number of hydrogen-bond acceptors (Lipinski definition) is 6. The maximum atomic E-state index is 12.7. The number of cyclic esters (lactones) is 1. The first-order valence-corrected chi connectivity index (χ1v) is 11.4. The van der Waals surface area contributed by atoms with Gasteiger partial charge in [0.1, 0.15) is 5.75 Å². The Morgan fingerprint density at radius 1 is 1.06 bits per heavy atom. The third-order valence-corrected chi connectivity index (χ3v) is 5.80. The highest BCUT2D eigenvalue weighted by molar-refractivity contribution is 9.11. The molecule has 0 amide bonds. The lowest BCUT2D eigenvalue weighted by atomic mass is 10.1. The molecule has 0 radical (unpaired) electrons. The number of methoxy groups -OCH3 is 1. The number of halogens is 2. The van der Waals surface area contributed by atoms with E-state index in [0.717, 1.165) is 10.0 Å². The molecule has 6 nitrogen and oxygen atoms in total. The van der Waals surface area contributed by atoms with Crippen LogP contribution in [0.15, 0.2) is 80.3 Å². The van der Waals surface area contributed by atoms with Gasteiger partial charge in [-0.2, -0.15) is 0 Å². The van der Waals surface area contributed by atoms with Gasteiger partial charge in [-0.1, -0.05) is 39.7 Å². The Balaban J connectivity index is 1.69. The molecule has 3 aromatic carbocycles. The highest BCUT2D eigenvalue weighted by Gasteiger charge is 2.25. The van der Waals surface area contributed by atoms with Gasteiger partial charge in [-0.25, -0.2) is 14.6 Å². The minimum atomic E-state index is -0.611. The summed E-state index contributed by atoms with van der Waals surface area (Å²) in [6.45, 7) is 1.94. The summed E-state index contributed by atoms with van der Waals surface area (Å²) in [6.07, 6.45) is 1.52. The van der Waals surface area contributed by atoms with E-state index in [1.54, 1.807) is 55.6 Å². The normalized spacial score (nSPS) is 14.1. The number of hydrogen-bond donors (Lipinski definition) is 0. The summed E-state index contributed by atoms with van der Waals surface area (Å²) in [6, 6.07) is 17.6. The molecule has 0 N–H and O–H groups in total. The minimum absolute atomic E-state index is 0.0745. The molecule has 0 fully saturated rings.